The number of nitrogens with zero attached hydrogens (tertiary/aromatic N) is 2. The fourth-order valence-corrected chi connectivity index (χ4v) is 3.69. The lowest BCUT2D eigenvalue weighted by Crippen LogP contribution is -2.32. The van der Waals surface area contributed by atoms with Crippen molar-refractivity contribution in [1.82, 2.24) is 4.98 Å². The number of fused-ring (bicyclic) bond motifs is 1. The van der Waals surface area contributed by atoms with E-state index in [0.717, 1.165) is 24.2 Å². The van der Waals surface area contributed by atoms with E-state index in [4.69, 9.17) is 22.9 Å². The molecule has 1 fully saturated rings. The number of hydrogen-bond acceptors (Lipinski definition) is 3. The van der Waals surface area contributed by atoms with Gasteiger partial charge in [0.15, 0.2) is 0 Å². The van der Waals surface area contributed by atoms with Gasteiger partial charge >= 0.3 is 0 Å². The van der Waals surface area contributed by atoms with Crippen LogP contribution in [0.5, 0.6) is 0 Å². The number of anilines is 1. The van der Waals surface area contributed by atoms with Crippen LogP contribution in [-0.4, -0.2) is 23.1 Å². The summed E-state index contributed by atoms with van der Waals surface area (Å²) < 4.78 is 0. The van der Waals surface area contributed by atoms with E-state index in [9.17, 15) is 0 Å². The van der Waals surface area contributed by atoms with Gasteiger partial charge in [-0.05, 0) is 50.2 Å². The fourth-order valence-electron chi connectivity index (χ4n) is 3.54. The molecule has 0 unspecified atom stereocenters. The second-order valence-corrected chi connectivity index (χ2v) is 6.53. The second-order valence-electron chi connectivity index (χ2n) is 6.09. The molecule has 0 spiro atoms. The predicted octanol–water partition coefficient (Wildman–Crippen LogP) is 2.97. The van der Waals surface area contributed by atoms with Gasteiger partial charge in [0.2, 0.25) is 0 Å². The van der Waals surface area contributed by atoms with Gasteiger partial charge in [-0.25, -0.2) is 4.98 Å². The molecule has 3 nitrogen and oxygen atoms in total. The van der Waals surface area contributed by atoms with Gasteiger partial charge in [0.25, 0.3) is 0 Å². The summed E-state index contributed by atoms with van der Waals surface area (Å²) in [5.74, 6) is 1.00. The van der Waals surface area contributed by atoms with E-state index in [0.29, 0.717) is 11.0 Å². The summed E-state index contributed by atoms with van der Waals surface area (Å²) in [5.41, 5.74) is 9.53. The highest BCUT2D eigenvalue weighted by atomic mass is 32.1. The molecule has 1 saturated carbocycles. The van der Waals surface area contributed by atoms with Crippen LogP contribution in [0.1, 0.15) is 55.3 Å². The van der Waals surface area contributed by atoms with E-state index in [1.165, 1.54) is 49.8 Å². The summed E-state index contributed by atoms with van der Waals surface area (Å²) in [6.45, 7) is 0. The van der Waals surface area contributed by atoms with Gasteiger partial charge < -0.3 is 10.6 Å². The zero-order valence-corrected chi connectivity index (χ0v) is 13.0. The van der Waals surface area contributed by atoms with Crippen molar-refractivity contribution in [3.05, 3.63) is 22.9 Å². The molecule has 0 aliphatic heterocycles. The highest BCUT2D eigenvalue weighted by Gasteiger charge is 2.25. The minimum Gasteiger partial charge on any atom is -0.389 e. The Bertz CT molecular complexity index is 521. The molecule has 1 heterocycles. The first-order valence-electron chi connectivity index (χ1n) is 7.72. The summed E-state index contributed by atoms with van der Waals surface area (Å²) in [4.78, 5) is 7.73. The van der Waals surface area contributed by atoms with Crippen molar-refractivity contribution in [2.45, 2.75) is 57.4 Å². The van der Waals surface area contributed by atoms with Gasteiger partial charge in [-0.1, -0.05) is 25.1 Å². The zero-order valence-electron chi connectivity index (χ0n) is 12.2. The Kier molecular flexibility index (Phi) is 3.92. The molecule has 108 valence electrons. The van der Waals surface area contributed by atoms with Crippen molar-refractivity contribution in [2.24, 2.45) is 5.73 Å². The number of nitrogens with two attached hydrogens (primary N) is 1. The van der Waals surface area contributed by atoms with Crippen molar-refractivity contribution in [3.8, 4) is 0 Å². The van der Waals surface area contributed by atoms with Gasteiger partial charge in [0.05, 0.1) is 5.56 Å². The van der Waals surface area contributed by atoms with Crippen LogP contribution < -0.4 is 10.6 Å². The third kappa shape index (κ3) is 2.53. The molecule has 2 aliphatic rings. The summed E-state index contributed by atoms with van der Waals surface area (Å²) in [5, 5.41) is 0. The summed E-state index contributed by atoms with van der Waals surface area (Å²) in [7, 11) is 2.15. The molecule has 1 aromatic rings. The number of pyridine rings is 1. The van der Waals surface area contributed by atoms with Crippen molar-refractivity contribution in [2.75, 3.05) is 11.9 Å². The Morgan fingerprint density at radius 3 is 2.65 bits per heavy atom. The van der Waals surface area contributed by atoms with E-state index in [1.807, 2.05) is 0 Å². The second kappa shape index (κ2) is 5.68. The fraction of sp³-hybridized carbons (Fsp3) is 0.625. The van der Waals surface area contributed by atoms with E-state index in [2.05, 4.69) is 18.0 Å². The van der Waals surface area contributed by atoms with Gasteiger partial charge in [-0.15, -0.1) is 0 Å². The smallest absolute Gasteiger partial charge is 0.139 e. The third-order valence-electron chi connectivity index (χ3n) is 4.75. The Hall–Kier alpha value is -1.16. The van der Waals surface area contributed by atoms with Crippen LogP contribution in [0.2, 0.25) is 0 Å². The van der Waals surface area contributed by atoms with Crippen LogP contribution in [0, 0.1) is 0 Å². The predicted molar refractivity (Wildman–Crippen MR) is 87.4 cm³/mol. The molecule has 20 heavy (non-hydrogen) atoms. The van der Waals surface area contributed by atoms with E-state index < -0.39 is 0 Å². The minimum atomic E-state index is 0.478. The molecule has 0 saturated heterocycles. The number of aryl methyl sites for hydroxylation is 2. The maximum atomic E-state index is 5.95. The largest absolute Gasteiger partial charge is 0.389 e. The molecule has 2 aliphatic carbocycles. The summed E-state index contributed by atoms with van der Waals surface area (Å²) in [6, 6.07) is 2.79. The summed E-state index contributed by atoms with van der Waals surface area (Å²) >= 11 is 5.26. The first kappa shape index (κ1) is 13.8. The van der Waals surface area contributed by atoms with Crippen LogP contribution in [-0.2, 0) is 12.8 Å². The number of rotatable bonds is 3. The van der Waals surface area contributed by atoms with Gasteiger partial charge in [0.1, 0.15) is 10.8 Å². The average Bonchev–Trinajstić information content (AvgIpc) is 2.99. The van der Waals surface area contributed by atoms with Gasteiger partial charge in [-0.2, -0.15) is 0 Å². The maximum Gasteiger partial charge on any atom is 0.139 e. The molecular weight excluding hydrogens is 266 g/mol. The van der Waals surface area contributed by atoms with E-state index in [1.54, 1.807) is 0 Å². The Labute approximate surface area is 126 Å². The van der Waals surface area contributed by atoms with Gasteiger partial charge in [0, 0.05) is 18.8 Å². The Morgan fingerprint density at radius 1 is 1.25 bits per heavy atom. The standard InChI is InChI=1S/C16H23N3S/c1-19(12-7-3-4-8-12)16-13(15(17)20)10-11-6-2-5-9-14(11)18-16/h10,12H,2-9H2,1H3,(H2,17,20). The molecule has 0 atom stereocenters. The number of thiocarbonyl (C=S) groups is 1. The van der Waals surface area contributed by atoms with E-state index in [-0.39, 0.29) is 0 Å². The molecule has 1 aromatic heterocycles. The molecule has 0 bridgehead atoms. The SMILES string of the molecule is CN(c1nc2c(cc1C(N)=S)CCCC2)C1CCCC1. The first-order chi connectivity index (χ1) is 9.66. The lowest BCUT2D eigenvalue weighted by Gasteiger charge is -2.29. The van der Waals surface area contributed by atoms with Crippen LogP contribution in [0.15, 0.2) is 6.07 Å². The number of aromatic nitrogens is 1. The van der Waals surface area contributed by atoms with Crippen LogP contribution in [0.3, 0.4) is 0 Å². The molecular formula is C16H23N3S. The first-order valence-corrected chi connectivity index (χ1v) is 8.13. The lowest BCUT2D eigenvalue weighted by molar-refractivity contribution is 0.633. The lowest BCUT2D eigenvalue weighted by atomic mass is 9.94. The van der Waals surface area contributed by atoms with E-state index >= 15 is 0 Å². The molecule has 2 N–H and O–H groups in total. The molecule has 0 radical (unpaired) electrons. The van der Waals surface area contributed by atoms with Crippen molar-refractivity contribution in [1.29, 1.82) is 0 Å². The molecule has 0 amide bonds. The Balaban J connectivity index is 2.00. The van der Waals surface area contributed by atoms with Crippen LogP contribution in [0.25, 0.3) is 0 Å². The molecule has 4 heteroatoms. The zero-order chi connectivity index (χ0) is 14.1. The van der Waals surface area contributed by atoms with Crippen molar-refractivity contribution in [3.63, 3.8) is 0 Å². The quantitative estimate of drug-likeness (QED) is 0.869. The highest BCUT2D eigenvalue weighted by molar-refractivity contribution is 7.80. The molecule has 0 aromatic carbocycles. The monoisotopic (exact) mass is 289 g/mol. The normalized spacial score (nSPS) is 18.9. The molecule has 3 rings (SSSR count). The van der Waals surface area contributed by atoms with Crippen molar-refractivity contribution >= 4 is 23.0 Å². The summed E-state index contributed by atoms with van der Waals surface area (Å²) in [6.07, 6.45) is 9.87. The highest BCUT2D eigenvalue weighted by Crippen LogP contribution is 2.31. The minimum absolute atomic E-state index is 0.478. The maximum absolute atomic E-state index is 5.95. The van der Waals surface area contributed by atoms with Crippen LogP contribution in [0.4, 0.5) is 5.82 Å². The average molecular weight is 289 g/mol. The third-order valence-corrected chi connectivity index (χ3v) is 4.97. The Morgan fingerprint density at radius 2 is 1.95 bits per heavy atom. The topological polar surface area (TPSA) is 42.2 Å². The van der Waals surface area contributed by atoms with Gasteiger partial charge in [-0.3, -0.25) is 0 Å². The van der Waals surface area contributed by atoms with Crippen LogP contribution >= 0.6 is 12.2 Å². The number of hydrogen-bond donors (Lipinski definition) is 1. The van der Waals surface area contributed by atoms with Crippen molar-refractivity contribution < 1.29 is 0 Å².